The lowest BCUT2D eigenvalue weighted by Gasteiger charge is -2.36. The minimum Gasteiger partial charge on any atom is -0.394 e. The van der Waals surface area contributed by atoms with Crippen molar-refractivity contribution >= 4 is 37.3 Å². The third-order valence-corrected chi connectivity index (χ3v) is 8.08. The molecule has 0 radical (unpaired) electrons. The Bertz CT molecular complexity index is 586. The summed E-state index contributed by atoms with van der Waals surface area (Å²) in [6, 6.07) is 3.32. The van der Waals surface area contributed by atoms with Crippen LogP contribution in [0.1, 0.15) is 25.7 Å². The molecule has 3 rings (SSSR count). The Morgan fingerprint density at radius 3 is 2.74 bits per heavy atom. The molecule has 2 aliphatic carbocycles. The number of aliphatic hydroxyl groups is 1. The number of aliphatic hydroxyl groups excluding tert-OH is 1. The zero-order chi connectivity index (χ0) is 13.7. The maximum atomic E-state index is 12.4. The first-order chi connectivity index (χ1) is 8.95. The van der Waals surface area contributed by atoms with E-state index in [2.05, 4.69) is 20.7 Å². The second kappa shape index (κ2) is 4.80. The molecule has 2 saturated carbocycles. The van der Waals surface area contributed by atoms with E-state index >= 15 is 0 Å². The Morgan fingerprint density at radius 1 is 1.47 bits per heavy atom. The van der Waals surface area contributed by atoms with Crippen LogP contribution < -0.4 is 4.72 Å². The Morgan fingerprint density at radius 2 is 2.26 bits per heavy atom. The van der Waals surface area contributed by atoms with Crippen molar-refractivity contribution in [2.24, 2.45) is 11.8 Å². The second-order valence-corrected chi connectivity index (χ2v) is 9.93. The maximum Gasteiger partial charge on any atom is 0.250 e. The van der Waals surface area contributed by atoms with Crippen molar-refractivity contribution < 1.29 is 13.5 Å². The molecule has 19 heavy (non-hydrogen) atoms. The quantitative estimate of drug-likeness (QED) is 0.860. The average Bonchev–Trinajstić information content (AvgIpc) is 3.03. The van der Waals surface area contributed by atoms with Crippen LogP contribution in [0.25, 0.3) is 0 Å². The Kier molecular flexibility index (Phi) is 3.54. The Balaban J connectivity index is 1.87. The van der Waals surface area contributed by atoms with Gasteiger partial charge in [0.2, 0.25) is 0 Å². The maximum absolute atomic E-state index is 12.4. The standard InChI is InChI=1S/C12H16BrNO3S2/c13-10-3-4-11(18-10)19(16,17)14-12(7-15)6-8-1-2-9(12)5-8/h3-4,8-9,14-15H,1-2,5-7H2. The summed E-state index contributed by atoms with van der Waals surface area (Å²) in [4.78, 5) is 0. The number of halogens is 1. The van der Waals surface area contributed by atoms with E-state index in [0.29, 0.717) is 10.1 Å². The number of hydrogen-bond acceptors (Lipinski definition) is 4. The second-order valence-electron chi connectivity index (χ2n) is 5.56. The third-order valence-electron chi connectivity index (χ3n) is 4.41. The van der Waals surface area contributed by atoms with Crippen LogP contribution in [0.4, 0.5) is 0 Å². The predicted octanol–water partition coefficient (Wildman–Crippen LogP) is 2.34. The van der Waals surface area contributed by atoms with Crippen LogP contribution >= 0.6 is 27.3 Å². The van der Waals surface area contributed by atoms with Crippen molar-refractivity contribution in [2.45, 2.75) is 35.4 Å². The van der Waals surface area contributed by atoms with E-state index in [1.54, 1.807) is 12.1 Å². The molecule has 3 atom stereocenters. The highest BCUT2D eigenvalue weighted by Crippen LogP contribution is 2.51. The zero-order valence-electron chi connectivity index (χ0n) is 10.3. The molecule has 0 amide bonds. The van der Waals surface area contributed by atoms with Gasteiger partial charge in [0.25, 0.3) is 10.0 Å². The normalized spacial score (nSPS) is 34.0. The Hall–Kier alpha value is 0.0500. The van der Waals surface area contributed by atoms with E-state index in [0.717, 1.165) is 23.0 Å². The van der Waals surface area contributed by atoms with Gasteiger partial charge in [-0.25, -0.2) is 13.1 Å². The summed E-state index contributed by atoms with van der Waals surface area (Å²) in [5.41, 5.74) is -0.641. The highest BCUT2D eigenvalue weighted by Gasteiger charge is 2.52. The molecule has 3 unspecified atom stereocenters. The summed E-state index contributed by atoms with van der Waals surface area (Å²) < 4.78 is 28.7. The molecule has 1 aromatic heterocycles. The van der Waals surface area contributed by atoms with Gasteiger partial charge < -0.3 is 5.11 Å². The third kappa shape index (κ3) is 2.40. The highest BCUT2D eigenvalue weighted by molar-refractivity contribution is 9.11. The lowest BCUT2D eigenvalue weighted by molar-refractivity contribution is 0.127. The van der Waals surface area contributed by atoms with Crippen LogP contribution in [0, 0.1) is 11.8 Å². The minimum absolute atomic E-state index is 0.111. The molecule has 1 heterocycles. The number of rotatable bonds is 4. The first-order valence-corrected chi connectivity index (χ1v) is 9.45. The number of fused-ring (bicyclic) bond motifs is 2. The molecular formula is C12H16BrNO3S2. The van der Waals surface area contributed by atoms with Crippen LogP contribution in [0.2, 0.25) is 0 Å². The zero-order valence-corrected chi connectivity index (χ0v) is 13.5. The van der Waals surface area contributed by atoms with Crippen molar-refractivity contribution in [2.75, 3.05) is 6.61 Å². The molecule has 0 saturated heterocycles. The molecule has 0 aromatic carbocycles. The molecule has 0 spiro atoms. The van der Waals surface area contributed by atoms with Crippen molar-refractivity contribution in [1.29, 1.82) is 0 Å². The summed E-state index contributed by atoms with van der Waals surface area (Å²) >= 11 is 4.47. The summed E-state index contributed by atoms with van der Waals surface area (Å²) in [5.74, 6) is 0.843. The molecular weight excluding hydrogens is 350 g/mol. The van der Waals surface area contributed by atoms with Crippen LogP contribution in [0.15, 0.2) is 20.1 Å². The van der Waals surface area contributed by atoms with Gasteiger partial charge >= 0.3 is 0 Å². The van der Waals surface area contributed by atoms with Gasteiger partial charge in [0.05, 0.1) is 15.9 Å². The smallest absolute Gasteiger partial charge is 0.250 e. The van der Waals surface area contributed by atoms with Gasteiger partial charge in [-0.3, -0.25) is 0 Å². The molecule has 0 aliphatic heterocycles. The molecule has 7 heteroatoms. The average molecular weight is 366 g/mol. The van der Waals surface area contributed by atoms with Gasteiger partial charge in [-0.2, -0.15) is 0 Å². The van der Waals surface area contributed by atoms with Crippen LogP contribution in [-0.2, 0) is 10.0 Å². The fourth-order valence-electron chi connectivity index (χ4n) is 3.55. The van der Waals surface area contributed by atoms with Gasteiger partial charge in [-0.15, -0.1) is 11.3 Å². The summed E-state index contributed by atoms with van der Waals surface area (Å²) in [6.07, 6.45) is 3.98. The van der Waals surface area contributed by atoms with Crippen LogP contribution in [-0.4, -0.2) is 25.7 Å². The fraction of sp³-hybridized carbons (Fsp3) is 0.667. The number of nitrogens with one attached hydrogen (secondary N) is 1. The topological polar surface area (TPSA) is 66.4 Å². The van der Waals surface area contributed by atoms with Gasteiger partial charge in [0.15, 0.2) is 0 Å². The number of sulfonamides is 1. The summed E-state index contributed by atoms with van der Waals surface area (Å²) in [5, 5.41) is 9.72. The number of thiophene rings is 1. The van der Waals surface area contributed by atoms with Crippen molar-refractivity contribution in [3.05, 3.63) is 15.9 Å². The lowest BCUT2D eigenvalue weighted by atomic mass is 9.82. The van der Waals surface area contributed by atoms with E-state index in [1.807, 2.05) is 0 Å². The first kappa shape index (κ1) is 14.0. The molecule has 2 aliphatic rings. The van der Waals surface area contributed by atoms with Gasteiger partial charge in [0.1, 0.15) is 4.21 Å². The van der Waals surface area contributed by atoms with E-state index in [1.165, 1.54) is 17.8 Å². The molecule has 2 bridgehead atoms. The highest BCUT2D eigenvalue weighted by atomic mass is 79.9. The predicted molar refractivity (Wildman–Crippen MR) is 77.6 cm³/mol. The number of hydrogen-bond donors (Lipinski definition) is 2. The molecule has 4 nitrogen and oxygen atoms in total. The van der Waals surface area contributed by atoms with E-state index in [9.17, 15) is 13.5 Å². The largest absolute Gasteiger partial charge is 0.394 e. The monoisotopic (exact) mass is 365 g/mol. The SMILES string of the molecule is O=S(=O)(NC1(CO)CC2CCC1C2)c1ccc(Br)s1. The Labute approximate surface area is 125 Å². The molecule has 2 fully saturated rings. The van der Waals surface area contributed by atoms with Crippen LogP contribution in [0.3, 0.4) is 0 Å². The first-order valence-electron chi connectivity index (χ1n) is 6.35. The van der Waals surface area contributed by atoms with E-state index < -0.39 is 15.6 Å². The van der Waals surface area contributed by atoms with Gasteiger partial charge in [0, 0.05) is 0 Å². The van der Waals surface area contributed by atoms with Crippen LogP contribution in [0.5, 0.6) is 0 Å². The van der Waals surface area contributed by atoms with Crippen molar-refractivity contribution in [3.63, 3.8) is 0 Å². The van der Waals surface area contributed by atoms with E-state index in [4.69, 9.17) is 0 Å². The van der Waals surface area contributed by atoms with E-state index in [-0.39, 0.29) is 12.5 Å². The summed E-state index contributed by atoms with van der Waals surface area (Å²) in [6.45, 7) is -0.111. The molecule has 2 N–H and O–H groups in total. The fourth-order valence-corrected chi connectivity index (χ4v) is 7.03. The van der Waals surface area contributed by atoms with Gasteiger partial charge in [-0.1, -0.05) is 6.42 Å². The van der Waals surface area contributed by atoms with Gasteiger partial charge in [-0.05, 0) is 59.2 Å². The lowest BCUT2D eigenvalue weighted by Crippen LogP contribution is -2.54. The summed E-state index contributed by atoms with van der Waals surface area (Å²) in [7, 11) is -3.54. The van der Waals surface area contributed by atoms with Crippen molar-refractivity contribution in [1.82, 2.24) is 4.72 Å². The molecule has 1 aromatic rings. The van der Waals surface area contributed by atoms with Crippen molar-refractivity contribution in [3.8, 4) is 0 Å². The minimum atomic E-state index is -3.54. The molecule has 106 valence electrons.